The van der Waals surface area contributed by atoms with Crippen LogP contribution in [0.4, 0.5) is 5.69 Å². The summed E-state index contributed by atoms with van der Waals surface area (Å²) in [5.74, 6) is -2.43. The lowest BCUT2D eigenvalue weighted by atomic mass is 9.91. The van der Waals surface area contributed by atoms with Gasteiger partial charge in [0.2, 0.25) is 5.91 Å². The molecule has 1 saturated carbocycles. The number of hydrogen-bond acceptors (Lipinski definition) is 3. The Hall–Kier alpha value is -2.04. The molecule has 118 valence electrons. The van der Waals surface area contributed by atoms with Crippen molar-refractivity contribution >= 4 is 17.6 Å². The number of carbonyl (C=O) groups is 2. The van der Waals surface area contributed by atoms with Gasteiger partial charge in [-0.1, -0.05) is 13.8 Å². The topological polar surface area (TPSA) is 86.6 Å². The maximum absolute atomic E-state index is 12.3. The van der Waals surface area contributed by atoms with Crippen LogP contribution in [0.3, 0.4) is 0 Å². The van der Waals surface area contributed by atoms with Gasteiger partial charge in [-0.3, -0.25) is 9.59 Å². The van der Waals surface area contributed by atoms with E-state index in [0.29, 0.717) is 5.69 Å². The van der Waals surface area contributed by atoms with E-state index in [1.807, 2.05) is 6.07 Å². The molecule has 0 spiro atoms. The van der Waals surface area contributed by atoms with Crippen LogP contribution in [0.25, 0.3) is 0 Å². The Morgan fingerprint density at radius 2 is 1.73 bits per heavy atom. The highest BCUT2D eigenvalue weighted by atomic mass is 16.4. The zero-order chi connectivity index (χ0) is 16.1. The fraction of sp³-hybridized carbons (Fsp3) is 0.529. The molecule has 2 aliphatic carbocycles. The average molecular weight is 303 g/mol. The van der Waals surface area contributed by atoms with E-state index in [9.17, 15) is 14.7 Å². The highest BCUT2D eigenvalue weighted by molar-refractivity contribution is 6.00. The lowest BCUT2D eigenvalue weighted by Crippen LogP contribution is -2.18. The normalized spacial score (nSPS) is 25.2. The van der Waals surface area contributed by atoms with Crippen LogP contribution in [0.5, 0.6) is 5.75 Å². The van der Waals surface area contributed by atoms with Gasteiger partial charge >= 0.3 is 5.97 Å². The summed E-state index contributed by atoms with van der Waals surface area (Å²) < 4.78 is 0. The van der Waals surface area contributed by atoms with E-state index in [4.69, 9.17) is 5.11 Å². The van der Waals surface area contributed by atoms with Crippen molar-refractivity contribution in [3.8, 4) is 5.75 Å². The summed E-state index contributed by atoms with van der Waals surface area (Å²) in [4.78, 5) is 23.5. The number of rotatable bonds is 3. The number of carbonyl (C=O) groups excluding carboxylic acids is 1. The third-order valence-corrected chi connectivity index (χ3v) is 5.09. The monoisotopic (exact) mass is 303 g/mol. The molecule has 0 aromatic heterocycles. The number of carboxylic acids is 1. The quantitative estimate of drug-likeness (QED) is 0.749. The van der Waals surface area contributed by atoms with E-state index in [2.05, 4.69) is 5.32 Å². The molecular weight excluding hydrogens is 282 g/mol. The second-order valence-corrected chi connectivity index (χ2v) is 6.95. The Balaban J connectivity index is 1.79. The second-order valence-electron chi connectivity index (χ2n) is 6.95. The Labute approximate surface area is 129 Å². The summed E-state index contributed by atoms with van der Waals surface area (Å²) >= 11 is 0. The van der Waals surface area contributed by atoms with Crippen LogP contribution in [0.1, 0.15) is 37.8 Å². The van der Waals surface area contributed by atoms with E-state index < -0.39 is 23.2 Å². The molecule has 5 nitrogen and oxygen atoms in total. The zero-order valence-electron chi connectivity index (χ0n) is 12.8. The number of amides is 1. The standard InChI is InChI=1S/C17H21NO4/c1-17(2)13(14(17)16(21)22)15(20)18-11-7-9-5-3-4-6-10(9)8-12(11)19/h7-8,13-14,19H,3-6H2,1-2H3,(H,18,20)(H,21,22)/t13-,14+/m0/s1. The van der Waals surface area contributed by atoms with Gasteiger partial charge < -0.3 is 15.5 Å². The molecule has 0 radical (unpaired) electrons. The molecule has 0 heterocycles. The third-order valence-electron chi connectivity index (χ3n) is 5.09. The summed E-state index contributed by atoms with van der Waals surface area (Å²) in [6, 6.07) is 3.55. The predicted octanol–water partition coefficient (Wildman–Crippen LogP) is 2.57. The van der Waals surface area contributed by atoms with E-state index in [0.717, 1.165) is 36.8 Å². The van der Waals surface area contributed by atoms with Crippen molar-refractivity contribution in [3.05, 3.63) is 23.3 Å². The molecule has 1 aromatic carbocycles. The van der Waals surface area contributed by atoms with Gasteiger partial charge in [0, 0.05) is 0 Å². The first-order chi connectivity index (χ1) is 10.3. The van der Waals surface area contributed by atoms with Crippen LogP contribution in [0.2, 0.25) is 0 Å². The Kier molecular flexibility index (Phi) is 3.38. The Morgan fingerprint density at radius 3 is 2.27 bits per heavy atom. The van der Waals surface area contributed by atoms with Gasteiger partial charge in [0.15, 0.2) is 0 Å². The molecular formula is C17H21NO4. The van der Waals surface area contributed by atoms with Gasteiger partial charge in [-0.15, -0.1) is 0 Å². The smallest absolute Gasteiger partial charge is 0.307 e. The predicted molar refractivity (Wildman–Crippen MR) is 81.8 cm³/mol. The molecule has 0 bridgehead atoms. The van der Waals surface area contributed by atoms with E-state index in [-0.39, 0.29) is 11.7 Å². The highest BCUT2D eigenvalue weighted by Gasteiger charge is 2.65. The molecule has 1 amide bonds. The van der Waals surface area contributed by atoms with Crippen molar-refractivity contribution in [2.45, 2.75) is 39.5 Å². The van der Waals surface area contributed by atoms with Gasteiger partial charge in [0.05, 0.1) is 17.5 Å². The van der Waals surface area contributed by atoms with Crippen molar-refractivity contribution in [1.29, 1.82) is 0 Å². The van der Waals surface area contributed by atoms with Gasteiger partial charge in [-0.2, -0.15) is 0 Å². The summed E-state index contributed by atoms with van der Waals surface area (Å²) in [5.41, 5.74) is 2.14. The minimum Gasteiger partial charge on any atom is -0.506 e. The Morgan fingerprint density at radius 1 is 1.14 bits per heavy atom. The van der Waals surface area contributed by atoms with Crippen molar-refractivity contribution in [2.75, 3.05) is 5.32 Å². The lowest BCUT2D eigenvalue weighted by molar-refractivity contribution is -0.140. The minimum atomic E-state index is -0.945. The number of aromatic hydroxyl groups is 1. The first kappa shape index (κ1) is 14.9. The fourth-order valence-electron chi connectivity index (χ4n) is 3.67. The number of aliphatic carboxylic acids is 1. The molecule has 0 unspecified atom stereocenters. The number of fused-ring (bicyclic) bond motifs is 1. The number of nitrogens with one attached hydrogen (secondary N) is 1. The number of benzene rings is 1. The van der Waals surface area contributed by atoms with Crippen molar-refractivity contribution in [1.82, 2.24) is 0 Å². The molecule has 0 aliphatic heterocycles. The third kappa shape index (κ3) is 2.34. The van der Waals surface area contributed by atoms with Crippen LogP contribution in [0, 0.1) is 17.3 Å². The number of carboxylic acid groups (broad SMARTS) is 1. The molecule has 3 rings (SSSR count). The largest absolute Gasteiger partial charge is 0.506 e. The van der Waals surface area contributed by atoms with Crippen LogP contribution < -0.4 is 5.32 Å². The molecule has 1 fully saturated rings. The molecule has 2 aliphatic rings. The van der Waals surface area contributed by atoms with Gasteiger partial charge in [-0.05, 0) is 54.4 Å². The van der Waals surface area contributed by atoms with Gasteiger partial charge in [0.25, 0.3) is 0 Å². The number of phenolic OH excluding ortho intramolecular Hbond substituents is 1. The summed E-state index contributed by atoms with van der Waals surface area (Å²) in [7, 11) is 0. The van der Waals surface area contributed by atoms with E-state index in [1.165, 1.54) is 0 Å². The van der Waals surface area contributed by atoms with Crippen LogP contribution >= 0.6 is 0 Å². The highest BCUT2D eigenvalue weighted by Crippen LogP contribution is 2.58. The van der Waals surface area contributed by atoms with Crippen molar-refractivity contribution < 1.29 is 19.8 Å². The summed E-state index contributed by atoms with van der Waals surface area (Å²) in [6.07, 6.45) is 4.13. The van der Waals surface area contributed by atoms with Crippen LogP contribution in [-0.2, 0) is 22.4 Å². The summed E-state index contributed by atoms with van der Waals surface area (Å²) in [5, 5.41) is 22.0. The number of hydrogen-bond donors (Lipinski definition) is 3. The number of phenols is 1. The lowest BCUT2D eigenvalue weighted by Gasteiger charge is -2.18. The molecule has 5 heteroatoms. The molecule has 2 atom stereocenters. The Bertz CT molecular complexity index is 650. The number of anilines is 1. The first-order valence-electron chi connectivity index (χ1n) is 7.71. The van der Waals surface area contributed by atoms with Crippen molar-refractivity contribution in [3.63, 3.8) is 0 Å². The number of aryl methyl sites for hydroxylation is 2. The van der Waals surface area contributed by atoms with Crippen molar-refractivity contribution in [2.24, 2.45) is 17.3 Å². The second kappa shape index (κ2) is 5.00. The molecule has 22 heavy (non-hydrogen) atoms. The fourth-order valence-corrected chi connectivity index (χ4v) is 3.67. The first-order valence-corrected chi connectivity index (χ1v) is 7.71. The van der Waals surface area contributed by atoms with Crippen LogP contribution in [0.15, 0.2) is 12.1 Å². The van der Waals surface area contributed by atoms with Gasteiger partial charge in [-0.25, -0.2) is 0 Å². The van der Waals surface area contributed by atoms with E-state index in [1.54, 1.807) is 19.9 Å². The van der Waals surface area contributed by atoms with Crippen LogP contribution in [-0.4, -0.2) is 22.1 Å². The molecule has 1 aromatic rings. The maximum atomic E-state index is 12.3. The summed E-state index contributed by atoms with van der Waals surface area (Å²) in [6.45, 7) is 3.56. The SMILES string of the molecule is CC1(C)[C@H](C(=O)Nc2cc3c(cc2O)CCCC3)[C@@H]1C(=O)O. The zero-order valence-corrected chi connectivity index (χ0v) is 12.8. The molecule has 0 saturated heterocycles. The average Bonchev–Trinajstić information content (AvgIpc) is 3.03. The minimum absolute atomic E-state index is 0.0549. The molecule has 3 N–H and O–H groups in total. The van der Waals surface area contributed by atoms with E-state index >= 15 is 0 Å². The van der Waals surface area contributed by atoms with Gasteiger partial charge in [0.1, 0.15) is 5.75 Å². The maximum Gasteiger partial charge on any atom is 0.307 e.